The molecule has 2 atom stereocenters. The van der Waals surface area contributed by atoms with Gasteiger partial charge in [-0.1, -0.05) is 0 Å². The van der Waals surface area contributed by atoms with Crippen molar-refractivity contribution >= 4 is 12.0 Å². The second kappa shape index (κ2) is 3.78. The van der Waals surface area contributed by atoms with Gasteiger partial charge in [0.25, 0.3) is 0 Å². The molecule has 0 aromatic rings. The molecule has 2 rings (SSSR count). The van der Waals surface area contributed by atoms with E-state index in [2.05, 4.69) is 0 Å². The van der Waals surface area contributed by atoms with Crippen molar-refractivity contribution in [2.45, 2.75) is 6.18 Å². The molecule has 2 aliphatic heterocycles. The number of hydrogen-bond acceptors (Lipinski definition) is 2. The molecule has 2 heterocycles. The smallest absolute Gasteiger partial charge is 0.465 e. The predicted octanol–water partition coefficient (Wildman–Crippen LogP) is 0.617. The second-order valence-electron chi connectivity index (χ2n) is 4.42. The summed E-state index contributed by atoms with van der Waals surface area (Å²) in [4.78, 5) is 23.6. The minimum atomic E-state index is -4.84. The second-order valence-corrected chi connectivity index (χ2v) is 4.42. The molecule has 8 heteroatoms. The first kappa shape index (κ1) is 12.0. The molecule has 2 aliphatic rings. The lowest BCUT2D eigenvalue weighted by atomic mass is 10.0. The zero-order valence-electron chi connectivity index (χ0n) is 8.78. The van der Waals surface area contributed by atoms with Gasteiger partial charge < -0.3 is 14.9 Å². The van der Waals surface area contributed by atoms with Crippen LogP contribution in [-0.4, -0.2) is 59.3 Å². The minimum absolute atomic E-state index is 0.00715. The summed E-state index contributed by atoms with van der Waals surface area (Å²) in [5, 5.41) is 8.74. The van der Waals surface area contributed by atoms with Crippen molar-refractivity contribution in [3.8, 4) is 0 Å². The van der Waals surface area contributed by atoms with Crippen LogP contribution in [0.25, 0.3) is 0 Å². The largest absolute Gasteiger partial charge is 0.471 e. The maximum atomic E-state index is 12.2. The average Bonchev–Trinajstić information content (AvgIpc) is 2.70. The quantitative estimate of drug-likeness (QED) is 0.687. The Morgan fingerprint density at radius 1 is 1.00 bits per heavy atom. The molecule has 1 N–H and O–H groups in total. The lowest BCUT2D eigenvalue weighted by molar-refractivity contribution is -0.184. The predicted molar refractivity (Wildman–Crippen MR) is 49.2 cm³/mol. The molecule has 2 saturated heterocycles. The van der Waals surface area contributed by atoms with Gasteiger partial charge in [-0.3, -0.25) is 4.79 Å². The molecule has 0 saturated carbocycles. The summed E-state index contributed by atoms with van der Waals surface area (Å²) in [6, 6.07) is 0. The third kappa shape index (κ3) is 2.16. The number of halogens is 3. The zero-order valence-corrected chi connectivity index (χ0v) is 8.78. The van der Waals surface area contributed by atoms with Crippen molar-refractivity contribution < 1.29 is 27.9 Å². The van der Waals surface area contributed by atoms with Gasteiger partial charge in [0.2, 0.25) is 0 Å². The van der Waals surface area contributed by atoms with E-state index in [1.807, 2.05) is 0 Å². The first-order chi connectivity index (χ1) is 7.79. The van der Waals surface area contributed by atoms with E-state index in [-0.39, 0.29) is 38.0 Å². The summed E-state index contributed by atoms with van der Waals surface area (Å²) < 4.78 is 36.6. The van der Waals surface area contributed by atoms with E-state index in [9.17, 15) is 22.8 Å². The van der Waals surface area contributed by atoms with Crippen molar-refractivity contribution in [1.82, 2.24) is 9.80 Å². The van der Waals surface area contributed by atoms with E-state index in [0.717, 1.165) is 4.90 Å². The van der Waals surface area contributed by atoms with E-state index in [1.165, 1.54) is 4.90 Å². The molecule has 0 aromatic carbocycles. The van der Waals surface area contributed by atoms with Gasteiger partial charge in [-0.25, -0.2) is 4.79 Å². The molecule has 2 amide bonds. The third-order valence-electron chi connectivity index (χ3n) is 3.29. The Morgan fingerprint density at radius 3 is 1.76 bits per heavy atom. The number of carbonyl (C=O) groups excluding carboxylic acids is 1. The van der Waals surface area contributed by atoms with Gasteiger partial charge in [0, 0.05) is 38.0 Å². The van der Waals surface area contributed by atoms with Crippen LogP contribution in [0.3, 0.4) is 0 Å². The van der Waals surface area contributed by atoms with Crippen molar-refractivity contribution in [2.75, 3.05) is 26.2 Å². The molecule has 0 aliphatic carbocycles. The summed E-state index contributed by atoms with van der Waals surface area (Å²) >= 11 is 0. The van der Waals surface area contributed by atoms with Crippen LogP contribution in [-0.2, 0) is 4.79 Å². The average molecular weight is 252 g/mol. The first-order valence-electron chi connectivity index (χ1n) is 5.13. The first-order valence-corrected chi connectivity index (χ1v) is 5.13. The van der Waals surface area contributed by atoms with Gasteiger partial charge in [-0.15, -0.1) is 0 Å². The van der Waals surface area contributed by atoms with Crippen molar-refractivity contribution in [2.24, 2.45) is 11.8 Å². The van der Waals surface area contributed by atoms with Gasteiger partial charge >= 0.3 is 18.2 Å². The van der Waals surface area contributed by atoms with Crippen molar-refractivity contribution in [1.29, 1.82) is 0 Å². The summed E-state index contributed by atoms with van der Waals surface area (Å²) in [6.45, 7) is 0.406. The standard InChI is InChI=1S/C9H11F3N2O3/c10-9(11,12)7(15)13-1-5-3-14(8(16)17)4-6(5)2-13/h5-6H,1-4H2,(H,16,17)/t5-,6+. The van der Waals surface area contributed by atoms with E-state index in [4.69, 9.17) is 5.11 Å². The van der Waals surface area contributed by atoms with Crippen LogP contribution in [0.2, 0.25) is 0 Å². The molecular formula is C9H11F3N2O3. The molecule has 0 spiro atoms. The number of rotatable bonds is 0. The number of fused-ring (bicyclic) bond motifs is 1. The Balaban J connectivity index is 1.96. The van der Waals surface area contributed by atoms with Gasteiger partial charge in [0.05, 0.1) is 0 Å². The number of hydrogen-bond donors (Lipinski definition) is 1. The molecule has 17 heavy (non-hydrogen) atoms. The van der Waals surface area contributed by atoms with Gasteiger partial charge in [0.15, 0.2) is 0 Å². The fourth-order valence-electron chi connectivity index (χ4n) is 2.49. The Bertz CT molecular complexity index is 344. The highest BCUT2D eigenvalue weighted by atomic mass is 19.4. The molecule has 0 bridgehead atoms. The number of alkyl halides is 3. The summed E-state index contributed by atoms with van der Waals surface area (Å²) in [5.74, 6) is -2.16. The van der Waals surface area contributed by atoms with Crippen molar-refractivity contribution in [3.05, 3.63) is 0 Å². The van der Waals surface area contributed by atoms with Crippen LogP contribution in [0.4, 0.5) is 18.0 Å². The van der Waals surface area contributed by atoms with E-state index >= 15 is 0 Å². The zero-order chi connectivity index (χ0) is 12.8. The highest BCUT2D eigenvalue weighted by Gasteiger charge is 2.49. The van der Waals surface area contributed by atoms with E-state index < -0.39 is 18.2 Å². The topological polar surface area (TPSA) is 60.9 Å². The molecule has 0 aromatic heterocycles. The van der Waals surface area contributed by atoms with Crippen molar-refractivity contribution in [3.63, 3.8) is 0 Å². The van der Waals surface area contributed by atoms with Crippen LogP contribution in [0, 0.1) is 11.8 Å². The summed E-state index contributed by atoms with van der Waals surface area (Å²) in [6.07, 6.45) is -5.90. The monoisotopic (exact) mass is 252 g/mol. The molecule has 0 radical (unpaired) electrons. The van der Waals surface area contributed by atoms with E-state index in [1.54, 1.807) is 0 Å². The van der Waals surface area contributed by atoms with Gasteiger partial charge in [-0.2, -0.15) is 13.2 Å². The minimum Gasteiger partial charge on any atom is -0.465 e. The number of amides is 2. The molecule has 96 valence electrons. The Hall–Kier alpha value is -1.47. The normalized spacial score (nSPS) is 28.4. The fourth-order valence-corrected chi connectivity index (χ4v) is 2.49. The molecule has 2 fully saturated rings. The van der Waals surface area contributed by atoms with Crippen LogP contribution in [0.5, 0.6) is 0 Å². The Kier molecular flexibility index (Phi) is 2.67. The lowest BCUT2D eigenvalue weighted by Gasteiger charge is -2.20. The Labute approximate surface area is 94.8 Å². The highest BCUT2D eigenvalue weighted by Crippen LogP contribution is 2.33. The fraction of sp³-hybridized carbons (Fsp3) is 0.778. The number of carbonyl (C=O) groups is 2. The highest BCUT2D eigenvalue weighted by molar-refractivity contribution is 5.82. The van der Waals surface area contributed by atoms with Crippen LogP contribution >= 0.6 is 0 Å². The van der Waals surface area contributed by atoms with Gasteiger partial charge in [-0.05, 0) is 0 Å². The summed E-state index contributed by atoms with van der Waals surface area (Å²) in [7, 11) is 0. The van der Waals surface area contributed by atoms with Crippen LogP contribution < -0.4 is 0 Å². The lowest BCUT2D eigenvalue weighted by Crippen LogP contribution is -2.41. The SMILES string of the molecule is O=C(O)N1C[C@@H]2CN(C(=O)C(F)(F)F)C[C@@H]2C1. The molecular weight excluding hydrogens is 241 g/mol. The van der Waals surface area contributed by atoms with Gasteiger partial charge in [0.1, 0.15) is 0 Å². The maximum Gasteiger partial charge on any atom is 0.471 e. The number of likely N-dealkylation sites (tertiary alicyclic amines) is 2. The maximum absolute atomic E-state index is 12.2. The van der Waals surface area contributed by atoms with Crippen LogP contribution in [0.1, 0.15) is 0 Å². The molecule has 0 unspecified atom stereocenters. The molecule has 5 nitrogen and oxygen atoms in total. The summed E-state index contributed by atoms with van der Waals surface area (Å²) in [5.41, 5.74) is 0. The number of carboxylic acid groups (broad SMARTS) is 1. The third-order valence-corrected chi connectivity index (χ3v) is 3.29. The van der Waals surface area contributed by atoms with E-state index in [0.29, 0.717) is 0 Å². The Morgan fingerprint density at radius 2 is 1.41 bits per heavy atom. The number of nitrogens with zero attached hydrogens (tertiary/aromatic N) is 2. The van der Waals surface area contributed by atoms with Crippen LogP contribution in [0.15, 0.2) is 0 Å².